The summed E-state index contributed by atoms with van der Waals surface area (Å²) >= 11 is 0. The van der Waals surface area contributed by atoms with E-state index in [1.807, 2.05) is 0 Å². The Labute approximate surface area is 218 Å². The van der Waals surface area contributed by atoms with Crippen LogP contribution in [0.5, 0.6) is 0 Å². The zero-order chi connectivity index (χ0) is 18.4. The van der Waals surface area contributed by atoms with E-state index in [2.05, 4.69) is 13.2 Å². The van der Waals surface area contributed by atoms with Gasteiger partial charge in [0.05, 0.1) is 9.79 Å². The van der Waals surface area contributed by atoms with E-state index in [0.717, 1.165) is 11.1 Å². The Hall–Kier alpha value is 0.376. The first-order chi connectivity index (χ1) is 11.1. The molecule has 0 radical (unpaired) electrons. The van der Waals surface area contributed by atoms with Gasteiger partial charge in [-0.05, 0) is 35.4 Å². The Balaban J connectivity index is 0. The summed E-state index contributed by atoms with van der Waals surface area (Å²) in [6, 6.07) is 11.2. The van der Waals surface area contributed by atoms with Crippen LogP contribution in [0.25, 0.3) is 12.2 Å². The van der Waals surface area contributed by atoms with E-state index in [4.69, 9.17) is 0 Å². The third-order valence-electron chi connectivity index (χ3n) is 2.81. The maximum atomic E-state index is 10.5. The van der Waals surface area contributed by atoms with Gasteiger partial charge in [-0.2, -0.15) is 0 Å². The molecule has 0 aliphatic carbocycles. The van der Waals surface area contributed by atoms with Crippen molar-refractivity contribution < 1.29 is 107 Å². The molecule has 0 saturated carbocycles. The standard InChI is InChI=1S/2C8H8O3S.K.Na/c2*1-2-7-3-5-8(6-4-7)12(9,10)11;;/h2*2-6H,1H2,(H,9,10,11);;/q;;2*+1/p-2. The molecule has 0 atom stereocenters. The van der Waals surface area contributed by atoms with E-state index in [9.17, 15) is 25.9 Å². The van der Waals surface area contributed by atoms with E-state index in [-0.39, 0.29) is 90.7 Å². The van der Waals surface area contributed by atoms with Gasteiger partial charge in [0.25, 0.3) is 0 Å². The second-order valence-corrected chi connectivity index (χ2v) is 7.21. The Kier molecular flexibility index (Phi) is 14.0. The molecule has 0 amide bonds. The van der Waals surface area contributed by atoms with Crippen LogP contribution in [0.15, 0.2) is 71.5 Å². The average Bonchev–Trinajstić information content (AvgIpc) is 2.54. The molecule has 0 aromatic heterocycles. The topological polar surface area (TPSA) is 114 Å². The van der Waals surface area contributed by atoms with Crippen LogP contribution in [-0.4, -0.2) is 25.9 Å². The van der Waals surface area contributed by atoms with Gasteiger partial charge in [-0.3, -0.25) is 0 Å². The maximum absolute atomic E-state index is 10.5. The molecule has 2 aromatic carbocycles. The minimum absolute atomic E-state index is 0. The molecule has 0 bridgehead atoms. The Bertz CT molecular complexity index is 842. The molecule has 0 spiro atoms. The summed E-state index contributed by atoms with van der Waals surface area (Å²) in [7, 11) is -8.62. The Morgan fingerprint density at radius 3 is 1.04 bits per heavy atom. The van der Waals surface area contributed by atoms with Gasteiger partial charge in [0.15, 0.2) is 0 Å². The first kappa shape index (κ1) is 28.6. The molecule has 0 N–H and O–H groups in total. The predicted octanol–water partition coefficient (Wildman–Crippen LogP) is -3.52. The minimum Gasteiger partial charge on any atom is -0.744 e. The van der Waals surface area contributed by atoms with Crippen molar-refractivity contribution >= 4 is 32.4 Å². The number of benzene rings is 2. The second-order valence-electron chi connectivity index (χ2n) is 4.45. The molecule has 128 valence electrons. The van der Waals surface area contributed by atoms with E-state index >= 15 is 0 Å². The predicted molar refractivity (Wildman–Crippen MR) is 89.0 cm³/mol. The van der Waals surface area contributed by atoms with Crippen molar-refractivity contribution in [1.29, 1.82) is 0 Å². The normalized spacial score (nSPS) is 10.2. The van der Waals surface area contributed by atoms with Crippen LogP contribution in [0.3, 0.4) is 0 Å². The monoisotopic (exact) mass is 428 g/mol. The van der Waals surface area contributed by atoms with Gasteiger partial charge in [-0.15, -0.1) is 0 Å². The molecule has 0 aliphatic rings. The molecular weight excluding hydrogens is 414 g/mol. The van der Waals surface area contributed by atoms with Crippen molar-refractivity contribution in [2.45, 2.75) is 9.79 Å². The number of hydrogen-bond acceptors (Lipinski definition) is 6. The van der Waals surface area contributed by atoms with Gasteiger partial charge in [-0.1, -0.05) is 49.6 Å². The largest absolute Gasteiger partial charge is 1.00 e. The SMILES string of the molecule is C=Cc1ccc(S(=O)(=O)[O-])cc1.C=Cc1ccc(S(=O)(=O)[O-])cc1.[K+].[Na+]. The van der Waals surface area contributed by atoms with Crippen molar-refractivity contribution in [3.05, 3.63) is 72.8 Å². The molecule has 0 aliphatic heterocycles. The fourth-order valence-electron chi connectivity index (χ4n) is 1.54. The summed E-state index contributed by atoms with van der Waals surface area (Å²) < 4.78 is 62.7. The van der Waals surface area contributed by atoms with Crippen molar-refractivity contribution in [1.82, 2.24) is 0 Å². The van der Waals surface area contributed by atoms with Crippen LogP contribution in [0.1, 0.15) is 11.1 Å². The maximum Gasteiger partial charge on any atom is 1.00 e. The van der Waals surface area contributed by atoms with Gasteiger partial charge in [-0.25, -0.2) is 16.8 Å². The zero-order valence-corrected chi connectivity index (χ0v) is 21.2. The molecular formula is C16H14KNaO6S2. The smallest absolute Gasteiger partial charge is 0.744 e. The molecule has 10 heteroatoms. The van der Waals surface area contributed by atoms with Crippen LogP contribution in [0.2, 0.25) is 0 Å². The fraction of sp³-hybridized carbons (Fsp3) is 0. The average molecular weight is 429 g/mol. The summed E-state index contributed by atoms with van der Waals surface area (Å²) in [5, 5.41) is 0. The quantitative estimate of drug-likeness (QED) is 0.368. The number of rotatable bonds is 4. The van der Waals surface area contributed by atoms with E-state index < -0.39 is 20.2 Å². The van der Waals surface area contributed by atoms with Gasteiger partial charge in [0, 0.05) is 0 Å². The van der Waals surface area contributed by atoms with E-state index in [0.29, 0.717) is 0 Å². The van der Waals surface area contributed by atoms with Gasteiger partial charge in [0.2, 0.25) is 0 Å². The first-order valence-electron chi connectivity index (χ1n) is 6.44. The molecule has 0 heterocycles. The summed E-state index contributed by atoms with van der Waals surface area (Å²) in [5.74, 6) is 0. The van der Waals surface area contributed by atoms with Crippen LogP contribution in [-0.2, 0) is 20.2 Å². The summed E-state index contributed by atoms with van der Waals surface area (Å²) in [4.78, 5) is -0.429. The molecule has 0 saturated heterocycles. The van der Waals surface area contributed by atoms with Crippen molar-refractivity contribution in [2.75, 3.05) is 0 Å². The molecule has 0 unspecified atom stereocenters. The molecule has 6 nitrogen and oxygen atoms in total. The Morgan fingerprint density at radius 2 is 0.885 bits per heavy atom. The van der Waals surface area contributed by atoms with E-state index in [1.54, 1.807) is 12.2 Å². The van der Waals surface area contributed by atoms with Crippen molar-refractivity contribution in [3.63, 3.8) is 0 Å². The van der Waals surface area contributed by atoms with Gasteiger partial charge < -0.3 is 9.11 Å². The minimum atomic E-state index is -4.31. The molecule has 2 rings (SSSR count). The van der Waals surface area contributed by atoms with Crippen LogP contribution < -0.4 is 80.9 Å². The van der Waals surface area contributed by atoms with Gasteiger partial charge in [0.1, 0.15) is 20.2 Å². The number of hydrogen-bond donors (Lipinski definition) is 0. The summed E-state index contributed by atoms with van der Waals surface area (Å²) in [6.45, 7) is 6.99. The van der Waals surface area contributed by atoms with Crippen LogP contribution in [0.4, 0.5) is 0 Å². The third kappa shape index (κ3) is 10.1. The third-order valence-corrected chi connectivity index (χ3v) is 4.51. The molecule has 0 fully saturated rings. The fourth-order valence-corrected chi connectivity index (χ4v) is 2.48. The van der Waals surface area contributed by atoms with Crippen LogP contribution >= 0.6 is 0 Å². The molecule has 26 heavy (non-hydrogen) atoms. The summed E-state index contributed by atoms with van der Waals surface area (Å²) in [5.41, 5.74) is 1.56. The second kappa shape index (κ2) is 12.8. The van der Waals surface area contributed by atoms with Crippen molar-refractivity contribution in [3.8, 4) is 0 Å². The zero-order valence-electron chi connectivity index (χ0n) is 14.5. The van der Waals surface area contributed by atoms with Crippen LogP contribution in [0, 0.1) is 0 Å². The van der Waals surface area contributed by atoms with E-state index in [1.165, 1.54) is 48.5 Å². The van der Waals surface area contributed by atoms with Crippen molar-refractivity contribution in [2.24, 2.45) is 0 Å². The summed E-state index contributed by atoms with van der Waals surface area (Å²) in [6.07, 6.45) is 3.14. The Morgan fingerprint density at radius 1 is 0.654 bits per heavy atom. The first-order valence-corrected chi connectivity index (χ1v) is 9.26. The molecule has 2 aromatic rings. The van der Waals surface area contributed by atoms with Gasteiger partial charge >= 0.3 is 80.9 Å².